The average molecular weight is 172 g/mol. The Morgan fingerprint density at radius 3 is 2.55 bits per heavy atom. The molecular weight excluding hydrogens is 156 g/mol. The molecule has 1 aliphatic heterocycles. The number of hydrogen-bond donors (Lipinski definition) is 1. The number of thiocarbonyl (C=S) groups is 1. The Morgan fingerprint density at radius 2 is 2.27 bits per heavy atom. The highest BCUT2D eigenvalue weighted by Crippen LogP contribution is 2.16. The van der Waals surface area contributed by atoms with Gasteiger partial charge in [-0.25, -0.2) is 0 Å². The van der Waals surface area contributed by atoms with E-state index < -0.39 is 0 Å². The van der Waals surface area contributed by atoms with Crippen LogP contribution in [0.5, 0.6) is 0 Å². The first-order valence-electron chi connectivity index (χ1n) is 4.26. The Labute approximate surface area is 73.7 Å². The van der Waals surface area contributed by atoms with E-state index in [2.05, 4.69) is 11.8 Å². The van der Waals surface area contributed by atoms with E-state index in [-0.39, 0.29) is 0 Å². The maximum atomic E-state index is 5.49. The lowest BCUT2D eigenvalue weighted by atomic mass is 10.0. The van der Waals surface area contributed by atoms with Crippen molar-refractivity contribution in [3.05, 3.63) is 0 Å². The number of rotatable bonds is 4. The van der Waals surface area contributed by atoms with Crippen molar-refractivity contribution >= 4 is 17.2 Å². The number of hydrogen-bond acceptors (Lipinski definition) is 2. The third-order valence-electron chi connectivity index (χ3n) is 2.32. The summed E-state index contributed by atoms with van der Waals surface area (Å²) in [5, 5.41) is 0. The van der Waals surface area contributed by atoms with Crippen LogP contribution in [0.4, 0.5) is 0 Å². The quantitative estimate of drug-likeness (QED) is 0.645. The Bertz CT molecular complexity index is 143. The van der Waals surface area contributed by atoms with E-state index in [9.17, 15) is 0 Å². The molecule has 1 fully saturated rings. The summed E-state index contributed by atoms with van der Waals surface area (Å²) in [6.07, 6.45) is 3.40. The second-order valence-corrected chi connectivity index (χ2v) is 3.65. The lowest BCUT2D eigenvalue weighted by molar-refractivity contribution is 0.118. The molecular formula is C8H16N2S. The minimum Gasteiger partial charge on any atom is -0.393 e. The van der Waals surface area contributed by atoms with Gasteiger partial charge in [-0.2, -0.15) is 0 Å². The van der Waals surface area contributed by atoms with E-state index in [1.807, 2.05) is 0 Å². The molecule has 2 N–H and O–H groups in total. The lowest BCUT2D eigenvalue weighted by Gasteiger charge is -2.37. The van der Waals surface area contributed by atoms with Crippen molar-refractivity contribution in [2.24, 2.45) is 5.73 Å². The van der Waals surface area contributed by atoms with E-state index in [1.54, 1.807) is 0 Å². The first-order valence-corrected chi connectivity index (χ1v) is 4.67. The Kier molecular flexibility index (Phi) is 3.27. The molecule has 2 nitrogen and oxygen atoms in total. The van der Waals surface area contributed by atoms with Crippen molar-refractivity contribution in [1.82, 2.24) is 4.90 Å². The summed E-state index contributed by atoms with van der Waals surface area (Å²) in [5.41, 5.74) is 5.49. The van der Waals surface area contributed by atoms with Crippen LogP contribution in [0.1, 0.15) is 26.2 Å². The SMILES string of the molecule is CCC(CC(N)=S)N1CCC1. The summed E-state index contributed by atoms with van der Waals surface area (Å²) in [6, 6.07) is 0.612. The van der Waals surface area contributed by atoms with Gasteiger partial charge in [0.1, 0.15) is 0 Å². The molecule has 11 heavy (non-hydrogen) atoms. The van der Waals surface area contributed by atoms with E-state index in [0.29, 0.717) is 11.0 Å². The van der Waals surface area contributed by atoms with Gasteiger partial charge < -0.3 is 5.73 Å². The fraction of sp³-hybridized carbons (Fsp3) is 0.875. The van der Waals surface area contributed by atoms with Gasteiger partial charge in [-0.3, -0.25) is 4.90 Å². The molecule has 0 aromatic carbocycles. The molecule has 1 aliphatic rings. The molecule has 0 aromatic rings. The molecule has 0 spiro atoms. The van der Waals surface area contributed by atoms with Gasteiger partial charge in [-0.05, 0) is 25.9 Å². The third-order valence-corrected chi connectivity index (χ3v) is 2.48. The van der Waals surface area contributed by atoms with Crippen molar-refractivity contribution in [2.75, 3.05) is 13.1 Å². The van der Waals surface area contributed by atoms with Gasteiger partial charge in [0.15, 0.2) is 0 Å². The van der Waals surface area contributed by atoms with E-state index in [0.717, 1.165) is 12.8 Å². The second kappa shape index (κ2) is 4.02. The fourth-order valence-corrected chi connectivity index (χ4v) is 1.66. The van der Waals surface area contributed by atoms with Crippen LogP contribution in [-0.4, -0.2) is 29.0 Å². The van der Waals surface area contributed by atoms with Crippen LogP contribution < -0.4 is 5.73 Å². The standard InChI is InChI=1S/C8H16N2S/c1-2-7(6-8(9)11)10-4-3-5-10/h7H,2-6H2,1H3,(H2,9,11). The molecule has 1 atom stereocenters. The zero-order valence-electron chi connectivity index (χ0n) is 7.05. The highest BCUT2D eigenvalue weighted by Gasteiger charge is 2.22. The first kappa shape index (κ1) is 8.94. The molecule has 0 bridgehead atoms. The topological polar surface area (TPSA) is 29.3 Å². The molecule has 3 heteroatoms. The maximum absolute atomic E-state index is 5.49. The normalized spacial score (nSPS) is 20.8. The fourth-order valence-electron chi connectivity index (χ4n) is 1.47. The lowest BCUT2D eigenvalue weighted by Crippen LogP contribution is -2.46. The van der Waals surface area contributed by atoms with Crippen LogP contribution in [0.3, 0.4) is 0 Å². The monoisotopic (exact) mass is 172 g/mol. The van der Waals surface area contributed by atoms with Crippen LogP contribution in [0, 0.1) is 0 Å². The predicted octanol–water partition coefficient (Wildman–Crippen LogP) is 1.15. The predicted molar refractivity (Wildman–Crippen MR) is 51.7 cm³/mol. The highest BCUT2D eigenvalue weighted by molar-refractivity contribution is 7.80. The zero-order chi connectivity index (χ0) is 8.27. The molecule has 0 aromatic heterocycles. The molecule has 0 saturated carbocycles. The van der Waals surface area contributed by atoms with Gasteiger partial charge in [-0.15, -0.1) is 0 Å². The number of nitrogens with zero attached hydrogens (tertiary/aromatic N) is 1. The molecule has 1 heterocycles. The van der Waals surface area contributed by atoms with Crippen molar-refractivity contribution in [2.45, 2.75) is 32.2 Å². The molecule has 1 unspecified atom stereocenters. The van der Waals surface area contributed by atoms with Gasteiger partial charge in [0.2, 0.25) is 0 Å². The van der Waals surface area contributed by atoms with Crippen molar-refractivity contribution in [3.63, 3.8) is 0 Å². The summed E-state index contributed by atoms with van der Waals surface area (Å²) in [7, 11) is 0. The number of nitrogens with two attached hydrogens (primary N) is 1. The van der Waals surface area contributed by atoms with E-state index in [4.69, 9.17) is 18.0 Å². The zero-order valence-corrected chi connectivity index (χ0v) is 7.86. The van der Waals surface area contributed by atoms with Crippen LogP contribution in [-0.2, 0) is 0 Å². The van der Waals surface area contributed by atoms with Crippen molar-refractivity contribution in [1.29, 1.82) is 0 Å². The minimum atomic E-state index is 0.612. The molecule has 64 valence electrons. The Balaban J connectivity index is 2.29. The Hall–Kier alpha value is -0.150. The molecule has 0 radical (unpaired) electrons. The highest BCUT2D eigenvalue weighted by atomic mass is 32.1. The summed E-state index contributed by atoms with van der Waals surface area (Å²) in [4.78, 5) is 3.11. The molecule has 0 amide bonds. The molecule has 1 rings (SSSR count). The van der Waals surface area contributed by atoms with Crippen LogP contribution in [0.25, 0.3) is 0 Å². The minimum absolute atomic E-state index is 0.612. The van der Waals surface area contributed by atoms with Crippen molar-refractivity contribution < 1.29 is 0 Å². The second-order valence-electron chi connectivity index (χ2n) is 3.12. The summed E-state index contributed by atoms with van der Waals surface area (Å²) >= 11 is 4.88. The van der Waals surface area contributed by atoms with Gasteiger partial charge in [0, 0.05) is 12.5 Å². The summed E-state index contributed by atoms with van der Waals surface area (Å²) < 4.78 is 0. The van der Waals surface area contributed by atoms with Crippen LogP contribution in [0.15, 0.2) is 0 Å². The maximum Gasteiger partial charge on any atom is 0.0743 e. The Morgan fingerprint density at radius 1 is 1.64 bits per heavy atom. The van der Waals surface area contributed by atoms with Crippen LogP contribution in [0.2, 0.25) is 0 Å². The van der Waals surface area contributed by atoms with Gasteiger partial charge in [-0.1, -0.05) is 19.1 Å². The average Bonchev–Trinajstić information content (AvgIpc) is 1.81. The summed E-state index contributed by atoms with van der Waals surface area (Å²) in [6.45, 7) is 4.67. The smallest absolute Gasteiger partial charge is 0.0743 e. The van der Waals surface area contributed by atoms with E-state index in [1.165, 1.54) is 19.5 Å². The largest absolute Gasteiger partial charge is 0.393 e. The first-order chi connectivity index (χ1) is 5.24. The van der Waals surface area contributed by atoms with Crippen molar-refractivity contribution in [3.8, 4) is 0 Å². The molecule has 1 saturated heterocycles. The van der Waals surface area contributed by atoms with E-state index >= 15 is 0 Å². The van der Waals surface area contributed by atoms with Gasteiger partial charge >= 0.3 is 0 Å². The van der Waals surface area contributed by atoms with Gasteiger partial charge in [0.05, 0.1) is 4.99 Å². The van der Waals surface area contributed by atoms with Crippen LogP contribution >= 0.6 is 12.2 Å². The third kappa shape index (κ3) is 2.42. The molecule has 0 aliphatic carbocycles. The number of likely N-dealkylation sites (tertiary alicyclic amines) is 1. The van der Waals surface area contributed by atoms with Gasteiger partial charge in [0.25, 0.3) is 0 Å². The summed E-state index contributed by atoms with van der Waals surface area (Å²) in [5.74, 6) is 0.